The first kappa shape index (κ1) is 14.1. The van der Waals surface area contributed by atoms with Crippen LogP contribution in [0.2, 0.25) is 0 Å². The minimum Gasteiger partial charge on any atom is -0.394 e. The van der Waals surface area contributed by atoms with Crippen molar-refractivity contribution in [1.82, 2.24) is 24.9 Å². The number of rotatable bonds is 4. The van der Waals surface area contributed by atoms with Crippen LogP contribution in [0.1, 0.15) is 30.3 Å². The van der Waals surface area contributed by atoms with Crippen LogP contribution in [0.25, 0.3) is 11.0 Å². The second-order valence-electron chi connectivity index (χ2n) is 5.74. The topological polar surface area (TPSA) is 93.1 Å². The van der Waals surface area contributed by atoms with Gasteiger partial charge in [0.25, 0.3) is 0 Å². The van der Waals surface area contributed by atoms with Crippen molar-refractivity contribution in [3.8, 4) is 0 Å². The van der Waals surface area contributed by atoms with E-state index in [9.17, 15) is 0 Å². The zero-order valence-corrected chi connectivity index (χ0v) is 12.9. The molecule has 1 fully saturated rings. The molecule has 0 saturated carbocycles. The number of fused-ring (bicyclic) bond motifs is 1. The highest BCUT2D eigenvalue weighted by Gasteiger charge is 2.31. The standard InChI is InChI=1S/C15H18N6O2/c1-10-7-12(19-23-10)13-3-2-4-20(13)14-11-8-18-21(5-6-22)15(11)17-9-16-14/h7-9,13,22H,2-6H2,1H3/t13-/m1/s1. The van der Waals surface area contributed by atoms with E-state index in [1.807, 2.05) is 13.0 Å². The molecule has 8 nitrogen and oxygen atoms in total. The predicted molar refractivity (Wildman–Crippen MR) is 83.0 cm³/mol. The molecule has 0 bridgehead atoms. The summed E-state index contributed by atoms with van der Waals surface area (Å²) in [5.41, 5.74) is 1.68. The van der Waals surface area contributed by atoms with Crippen molar-refractivity contribution in [1.29, 1.82) is 0 Å². The van der Waals surface area contributed by atoms with Crippen LogP contribution in [0, 0.1) is 6.92 Å². The molecular weight excluding hydrogens is 296 g/mol. The van der Waals surface area contributed by atoms with Gasteiger partial charge in [-0.15, -0.1) is 0 Å². The van der Waals surface area contributed by atoms with E-state index >= 15 is 0 Å². The lowest BCUT2D eigenvalue weighted by molar-refractivity contribution is 0.271. The number of aliphatic hydroxyl groups is 1. The molecule has 1 aliphatic rings. The van der Waals surface area contributed by atoms with Gasteiger partial charge in [-0.1, -0.05) is 5.16 Å². The highest BCUT2D eigenvalue weighted by Crippen LogP contribution is 2.37. The molecule has 0 spiro atoms. The molecule has 1 N–H and O–H groups in total. The third kappa shape index (κ3) is 2.35. The third-order valence-corrected chi connectivity index (χ3v) is 4.24. The summed E-state index contributed by atoms with van der Waals surface area (Å²) in [7, 11) is 0. The van der Waals surface area contributed by atoms with E-state index in [0.29, 0.717) is 6.54 Å². The maximum absolute atomic E-state index is 9.14. The zero-order valence-electron chi connectivity index (χ0n) is 12.9. The van der Waals surface area contributed by atoms with Gasteiger partial charge < -0.3 is 14.5 Å². The molecule has 0 amide bonds. The molecule has 0 radical (unpaired) electrons. The Morgan fingerprint density at radius 3 is 3.09 bits per heavy atom. The highest BCUT2D eigenvalue weighted by molar-refractivity contribution is 5.87. The van der Waals surface area contributed by atoms with E-state index in [4.69, 9.17) is 9.63 Å². The first-order chi connectivity index (χ1) is 11.3. The quantitative estimate of drug-likeness (QED) is 0.779. The normalized spacial score (nSPS) is 18.2. The van der Waals surface area contributed by atoms with Crippen LogP contribution in [-0.2, 0) is 6.54 Å². The molecule has 3 aromatic rings. The predicted octanol–water partition coefficient (Wildman–Crippen LogP) is 1.46. The Balaban J connectivity index is 1.76. The summed E-state index contributed by atoms with van der Waals surface area (Å²) in [4.78, 5) is 11.0. The zero-order chi connectivity index (χ0) is 15.8. The molecule has 0 aliphatic carbocycles. The molecule has 8 heteroatoms. The molecule has 23 heavy (non-hydrogen) atoms. The molecule has 4 heterocycles. The number of aromatic nitrogens is 5. The minimum atomic E-state index is 0.0284. The Hall–Kier alpha value is -2.48. The molecule has 0 unspecified atom stereocenters. The summed E-state index contributed by atoms with van der Waals surface area (Å²) in [5, 5.41) is 18.5. The fourth-order valence-electron chi connectivity index (χ4n) is 3.24. The van der Waals surface area contributed by atoms with Gasteiger partial charge >= 0.3 is 0 Å². The third-order valence-electron chi connectivity index (χ3n) is 4.24. The van der Waals surface area contributed by atoms with E-state index in [0.717, 1.165) is 47.7 Å². The molecule has 120 valence electrons. The van der Waals surface area contributed by atoms with Crippen LogP contribution in [-0.4, -0.2) is 43.2 Å². The van der Waals surface area contributed by atoms with Crippen LogP contribution in [0.5, 0.6) is 0 Å². The summed E-state index contributed by atoms with van der Waals surface area (Å²) >= 11 is 0. The number of hydrogen-bond acceptors (Lipinski definition) is 7. The van der Waals surface area contributed by atoms with Gasteiger partial charge in [-0.3, -0.25) is 0 Å². The van der Waals surface area contributed by atoms with Crippen LogP contribution in [0.4, 0.5) is 5.82 Å². The van der Waals surface area contributed by atoms with Crippen molar-refractivity contribution in [2.45, 2.75) is 32.4 Å². The monoisotopic (exact) mass is 314 g/mol. The van der Waals surface area contributed by atoms with E-state index in [1.165, 1.54) is 0 Å². The van der Waals surface area contributed by atoms with Crippen LogP contribution in [0.15, 0.2) is 23.1 Å². The minimum absolute atomic E-state index is 0.0284. The second kappa shape index (κ2) is 5.62. The van der Waals surface area contributed by atoms with Crippen molar-refractivity contribution >= 4 is 16.9 Å². The Morgan fingerprint density at radius 2 is 2.30 bits per heavy atom. The van der Waals surface area contributed by atoms with Gasteiger partial charge in [0.1, 0.15) is 23.6 Å². The maximum Gasteiger partial charge on any atom is 0.163 e. The molecule has 1 atom stereocenters. The maximum atomic E-state index is 9.14. The average Bonchev–Trinajstić information content (AvgIpc) is 3.26. The lowest BCUT2D eigenvalue weighted by Gasteiger charge is -2.24. The molecule has 1 aliphatic heterocycles. The Kier molecular flexibility index (Phi) is 3.45. The Morgan fingerprint density at radius 1 is 1.39 bits per heavy atom. The van der Waals surface area contributed by atoms with Gasteiger partial charge in [-0.2, -0.15) is 5.10 Å². The summed E-state index contributed by atoms with van der Waals surface area (Å²) in [5.74, 6) is 1.68. The van der Waals surface area contributed by atoms with E-state index < -0.39 is 0 Å². The first-order valence-corrected chi connectivity index (χ1v) is 7.75. The van der Waals surface area contributed by atoms with E-state index in [-0.39, 0.29) is 12.6 Å². The summed E-state index contributed by atoms with van der Waals surface area (Å²) in [6.45, 7) is 3.26. The smallest absolute Gasteiger partial charge is 0.163 e. The van der Waals surface area contributed by atoms with Crippen molar-refractivity contribution in [3.05, 3.63) is 30.0 Å². The largest absolute Gasteiger partial charge is 0.394 e. The van der Waals surface area contributed by atoms with Crippen LogP contribution in [0.3, 0.4) is 0 Å². The SMILES string of the molecule is Cc1cc([C@H]2CCCN2c2ncnc3c2cnn3CCO)no1. The molecular formula is C15H18N6O2. The van der Waals surface area contributed by atoms with Gasteiger partial charge in [0.2, 0.25) is 0 Å². The fraction of sp³-hybridized carbons (Fsp3) is 0.467. The van der Waals surface area contributed by atoms with Gasteiger partial charge in [-0.05, 0) is 19.8 Å². The van der Waals surface area contributed by atoms with Crippen molar-refractivity contribution in [3.63, 3.8) is 0 Å². The fourth-order valence-corrected chi connectivity index (χ4v) is 3.24. The lowest BCUT2D eigenvalue weighted by atomic mass is 10.1. The van der Waals surface area contributed by atoms with Gasteiger partial charge in [0, 0.05) is 12.6 Å². The molecule has 1 saturated heterocycles. The Bertz CT molecular complexity index is 826. The number of hydrogen-bond donors (Lipinski definition) is 1. The summed E-state index contributed by atoms with van der Waals surface area (Å²) in [6.07, 6.45) is 5.41. The van der Waals surface area contributed by atoms with Crippen LogP contribution >= 0.6 is 0 Å². The first-order valence-electron chi connectivity index (χ1n) is 7.75. The second-order valence-corrected chi connectivity index (χ2v) is 5.74. The molecule has 4 rings (SSSR count). The van der Waals surface area contributed by atoms with E-state index in [1.54, 1.807) is 17.2 Å². The number of aryl methyl sites for hydroxylation is 1. The lowest BCUT2D eigenvalue weighted by Crippen LogP contribution is -2.24. The van der Waals surface area contributed by atoms with Crippen molar-refractivity contribution < 1.29 is 9.63 Å². The number of anilines is 1. The van der Waals surface area contributed by atoms with Crippen molar-refractivity contribution in [2.75, 3.05) is 18.1 Å². The molecule has 3 aromatic heterocycles. The number of aliphatic hydroxyl groups excluding tert-OH is 1. The summed E-state index contributed by atoms with van der Waals surface area (Å²) < 4.78 is 6.93. The van der Waals surface area contributed by atoms with Gasteiger partial charge in [-0.25, -0.2) is 14.6 Å². The number of nitrogens with zero attached hydrogens (tertiary/aromatic N) is 6. The highest BCUT2D eigenvalue weighted by atomic mass is 16.5. The average molecular weight is 314 g/mol. The van der Waals surface area contributed by atoms with Crippen LogP contribution < -0.4 is 4.90 Å². The van der Waals surface area contributed by atoms with Gasteiger partial charge in [0.05, 0.1) is 30.8 Å². The Labute approximate surface area is 132 Å². The summed E-state index contributed by atoms with van der Waals surface area (Å²) in [6, 6.07) is 2.14. The molecule has 0 aromatic carbocycles. The van der Waals surface area contributed by atoms with Crippen molar-refractivity contribution in [2.24, 2.45) is 0 Å². The van der Waals surface area contributed by atoms with Gasteiger partial charge in [0.15, 0.2) is 5.65 Å². The van der Waals surface area contributed by atoms with E-state index in [2.05, 4.69) is 25.1 Å².